The number of likely N-dealkylation sites (N-methyl/N-ethyl adjacent to an activating group) is 1. The molecule has 1 atom stereocenters. The van der Waals surface area contributed by atoms with E-state index in [1.165, 1.54) is 11.1 Å². The number of nitrogens with zero attached hydrogens (tertiary/aromatic N) is 3. The van der Waals surface area contributed by atoms with E-state index in [2.05, 4.69) is 46.5 Å². The van der Waals surface area contributed by atoms with Gasteiger partial charge in [-0.05, 0) is 51.0 Å². The summed E-state index contributed by atoms with van der Waals surface area (Å²) in [6, 6.07) is 3.80. The Hall–Kier alpha value is -2.67. The van der Waals surface area contributed by atoms with Crippen molar-refractivity contribution in [3.05, 3.63) is 34.5 Å². The molecule has 27 heavy (non-hydrogen) atoms. The number of nitrogens with one attached hydrogen (secondary N) is 3. The van der Waals surface area contributed by atoms with Crippen LogP contribution in [0.3, 0.4) is 0 Å². The molecule has 0 saturated heterocycles. The van der Waals surface area contributed by atoms with Crippen LogP contribution in [0.1, 0.15) is 42.3 Å². The van der Waals surface area contributed by atoms with E-state index in [-0.39, 0.29) is 11.9 Å². The third kappa shape index (κ3) is 2.92. The monoisotopic (exact) mass is 366 g/mol. The number of benzene rings is 1. The van der Waals surface area contributed by atoms with Crippen molar-refractivity contribution in [2.75, 3.05) is 19.6 Å². The number of carbonyl (C=O) groups is 1. The molecule has 1 aromatic carbocycles. The van der Waals surface area contributed by atoms with Crippen LogP contribution in [0.5, 0.6) is 0 Å². The maximum Gasteiger partial charge on any atom is 0.244 e. The minimum atomic E-state index is -0.390. The Balaban J connectivity index is 1.80. The fourth-order valence-corrected chi connectivity index (χ4v) is 3.82. The van der Waals surface area contributed by atoms with Gasteiger partial charge in [-0.15, -0.1) is 0 Å². The van der Waals surface area contributed by atoms with Gasteiger partial charge in [0, 0.05) is 37.3 Å². The highest BCUT2D eigenvalue weighted by Gasteiger charge is 2.34. The second-order valence-corrected chi connectivity index (χ2v) is 7.15. The first-order valence-electron chi connectivity index (χ1n) is 9.60. The lowest BCUT2D eigenvalue weighted by Crippen LogP contribution is -2.43. The van der Waals surface area contributed by atoms with Gasteiger partial charge in [0.2, 0.25) is 5.91 Å². The van der Waals surface area contributed by atoms with Crippen LogP contribution in [0.15, 0.2) is 12.1 Å². The molecule has 7 heteroatoms. The van der Waals surface area contributed by atoms with Gasteiger partial charge in [0.15, 0.2) is 5.82 Å². The van der Waals surface area contributed by atoms with Crippen molar-refractivity contribution in [2.45, 2.75) is 40.2 Å². The molecule has 7 nitrogen and oxygen atoms in total. The van der Waals surface area contributed by atoms with Crippen LogP contribution >= 0.6 is 0 Å². The van der Waals surface area contributed by atoms with Gasteiger partial charge in [-0.1, -0.05) is 0 Å². The fraction of sp³-hybridized carbons (Fsp3) is 0.450. The number of rotatable bonds is 4. The zero-order chi connectivity index (χ0) is 19.1. The molecule has 0 aliphatic carbocycles. The van der Waals surface area contributed by atoms with E-state index in [1.54, 1.807) is 0 Å². The van der Waals surface area contributed by atoms with Crippen LogP contribution in [0, 0.1) is 13.8 Å². The molecule has 3 aromatic rings. The summed E-state index contributed by atoms with van der Waals surface area (Å²) < 4.78 is 0. The molecular weight excluding hydrogens is 340 g/mol. The van der Waals surface area contributed by atoms with Gasteiger partial charge in [-0.25, -0.2) is 4.98 Å². The smallest absolute Gasteiger partial charge is 0.244 e. The lowest BCUT2D eigenvalue weighted by atomic mass is 9.97. The van der Waals surface area contributed by atoms with Crippen molar-refractivity contribution in [1.82, 2.24) is 30.4 Å². The number of amides is 1. The number of hydrogen-bond donors (Lipinski definition) is 3. The van der Waals surface area contributed by atoms with Gasteiger partial charge in [-0.3, -0.25) is 9.89 Å². The number of aromatic nitrogens is 4. The van der Waals surface area contributed by atoms with Crippen LogP contribution in [0.25, 0.3) is 22.6 Å². The summed E-state index contributed by atoms with van der Waals surface area (Å²) in [7, 11) is 0. The summed E-state index contributed by atoms with van der Waals surface area (Å²) in [5, 5.41) is 11.0. The first kappa shape index (κ1) is 17.7. The van der Waals surface area contributed by atoms with Crippen LogP contribution in [-0.4, -0.2) is 50.6 Å². The molecule has 0 radical (unpaired) electrons. The molecule has 0 fully saturated rings. The van der Waals surface area contributed by atoms with E-state index in [0.717, 1.165) is 41.0 Å². The highest BCUT2D eigenvalue weighted by Crippen LogP contribution is 2.32. The number of aromatic amines is 2. The second-order valence-electron chi connectivity index (χ2n) is 7.15. The third-order valence-electron chi connectivity index (χ3n) is 5.54. The molecule has 2 aromatic heterocycles. The Kier molecular flexibility index (Phi) is 4.47. The van der Waals surface area contributed by atoms with Crippen LogP contribution in [-0.2, 0) is 11.2 Å². The van der Waals surface area contributed by atoms with E-state index < -0.39 is 0 Å². The number of hydrogen-bond acceptors (Lipinski definition) is 4. The number of H-pyrrole nitrogens is 2. The van der Waals surface area contributed by atoms with Crippen molar-refractivity contribution in [2.24, 2.45) is 0 Å². The minimum Gasteiger partial charge on any atom is -0.342 e. The highest BCUT2D eigenvalue weighted by atomic mass is 16.2. The quantitative estimate of drug-likeness (QED) is 0.662. The molecule has 3 heterocycles. The zero-order valence-corrected chi connectivity index (χ0v) is 16.3. The van der Waals surface area contributed by atoms with Gasteiger partial charge < -0.3 is 15.2 Å². The number of carbonyl (C=O) groups excluding carboxylic acids is 1. The van der Waals surface area contributed by atoms with Crippen molar-refractivity contribution < 1.29 is 4.79 Å². The fourth-order valence-electron chi connectivity index (χ4n) is 3.82. The van der Waals surface area contributed by atoms with Gasteiger partial charge >= 0.3 is 0 Å². The summed E-state index contributed by atoms with van der Waals surface area (Å²) in [5.74, 6) is 0.792. The van der Waals surface area contributed by atoms with Crippen molar-refractivity contribution in [1.29, 1.82) is 0 Å². The highest BCUT2D eigenvalue weighted by molar-refractivity contribution is 5.87. The van der Waals surface area contributed by atoms with Gasteiger partial charge in [0.05, 0.1) is 11.0 Å². The van der Waals surface area contributed by atoms with Crippen LogP contribution in [0.2, 0.25) is 0 Å². The normalized spacial score (nSPS) is 16.5. The van der Waals surface area contributed by atoms with E-state index >= 15 is 0 Å². The molecule has 0 bridgehead atoms. The molecule has 142 valence electrons. The standard InChI is InChI=1S/C20H26N6O/c1-5-26(6-2)20(27)18-16-13(7-8-21-18)24-25-17(16)19-22-14-9-11(3)12(4)10-15(14)23-19/h9-10,18,21H,5-8H2,1-4H3,(H,22,23)(H,24,25). The second kappa shape index (κ2) is 6.81. The van der Waals surface area contributed by atoms with Gasteiger partial charge in [0.25, 0.3) is 0 Å². The third-order valence-corrected chi connectivity index (χ3v) is 5.54. The first-order valence-corrected chi connectivity index (χ1v) is 9.60. The first-order chi connectivity index (χ1) is 13.0. The Morgan fingerprint density at radius 1 is 1.22 bits per heavy atom. The van der Waals surface area contributed by atoms with Crippen molar-refractivity contribution >= 4 is 16.9 Å². The zero-order valence-electron chi connectivity index (χ0n) is 16.3. The van der Waals surface area contributed by atoms with Gasteiger partial charge in [0.1, 0.15) is 11.7 Å². The summed E-state index contributed by atoms with van der Waals surface area (Å²) in [6.45, 7) is 10.3. The number of aryl methyl sites for hydroxylation is 2. The Morgan fingerprint density at radius 2 is 1.96 bits per heavy atom. The molecule has 0 spiro atoms. The van der Waals surface area contributed by atoms with E-state index in [0.29, 0.717) is 18.9 Å². The molecule has 1 unspecified atom stereocenters. The lowest BCUT2D eigenvalue weighted by molar-refractivity contribution is -0.133. The van der Waals surface area contributed by atoms with Crippen molar-refractivity contribution in [3.63, 3.8) is 0 Å². The lowest BCUT2D eigenvalue weighted by Gasteiger charge is -2.29. The van der Waals surface area contributed by atoms with Crippen LogP contribution in [0.4, 0.5) is 0 Å². The molecule has 0 saturated carbocycles. The largest absolute Gasteiger partial charge is 0.342 e. The summed E-state index contributed by atoms with van der Waals surface area (Å²) in [5.41, 5.74) is 7.00. The molecule has 4 rings (SSSR count). The summed E-state index contributed by atoms with van der Waals surface area (Å²) in [4.78, 5) is 23.1. The minimum absolute atomic E-state index is 0.0893. The van der Waals surface area contributed by atoms with E-state index in [9.17, 15) is 4.79 Å². The van der Waals surface area contributed by atoms with Crippen LogP contribution < -0.4 is 5.32 Å². The van der Waals surface area contributed by atoms with E-state index in [1.807, 2.05) is 18.7 Å². The number of fused-ring (bicyclic) bond motifs is 2. The predicted octanol–water partition coefficient (Wildman–Crippen LogP) is 2.63. The maximum atomic E-state index is 13.1. The molecule has 1 amide bonds. The van der Waals surface area contributed by atoms with Crippen molar-refractivity contribution in [3.8, 4) is 11.5 Å². The average Bonchev–Trinajstić information content (AvgIpc) is 3.26. The van der Waals surface area contributed by atoms with E-state index in [4.69, 9.17) is 4.98 Å². The number of imidazole rings is 1. The summed E-state index contributed by atoms with van der Waals surface area (Å²) >= 11 is 0. The Labute approximate surface area is 158 Å². The average molecular weight is 366 g/mol. The Morgan fingerprint density at radius 3 is 2.70 bits per heavy atom. The summed E-state index contributed by atoms with van der Waals surface area (Å²) in [6.07, 6.45) is 0.822. The Bertz CT molecular complexity index is 958. The van der Waals surface area contributed by atoms with Gasteiger partial charge in [-0.2, -0.15) is 5.10 Å². The molecule has 1 aliphatic heterocycles. The predicted molar refractivity (Wildman–Crippen MR) is 106 cm³/mol. The molecule has 1 aliphatic rings. The maximum absolute atomic E-state index is 13.1. The topological polar surface area (TPSA) is 89.7 Å². The molecular formula is C20H26N6O. The SMILES string of the molecule is CCN(CC)C(=O)C1NCCc2[nH]nc(-c3nc4cc(C)c(C)cc4[nH]3)c21. The molecule has 3 N–H and O–H groups in total.